The summed E-state index contributed by atoms with van der Waals surface area (Å²) in [6, 6.07) is 8.40. The van der Waals surface area contributed by atoms with Gasteiger partial charge < -0.3 is 0 Å². The van der Waals surface area contributed by atoms with Gasteiger partial charge in [-0.3, -0.25) is 0 Å². The number of fused-ring (bicyclic) bond motifs is 1. The van der Waals surface area contributed by atoms with Gasteiger partial charge in [-0.2, -0.15) is 0 Å². The van der Waals surface area contributed by atoms with Crippen molar-refractivity contribution >= 4 is 29.0 Å². The zero-order valence-electron chi connectivity index (χ0n) is 8.29. The topological polar surface area (TPSA) is 24.9 Å². The summed E-state index contributed by atoms with van der Waals surface area (Å²) in [5.74, 6) is 0. The fraction of sp³-hybridized carbons (Fsp3) is 0.364. The predicted octanol–water partition coefficient (Wildman–Crippen LogP) is 2.50. The molecule has 0 fully saturated rings. The summed E-state index contributed by atoms with van der Waals surface area (Å²) >= 11 is 0.407. The first kappa shape index (κ1) is 9.75. The molecule has 2 nitrogen and oxygen atoms in total. The van der Waals surface area contributed by atoms with Crippen LogP contribution in [0.4, 0.5) is 4.69 Å². The molecule has 1 aromatic carbocycles. The molecule has 0 atom stereocenters. The fourth-order valence-electron chi connectivity index (χ4n) is 1.32. The zero-order chi connectivity index (χ0) is 9.80. The minimum atomic E-state index is 0.407. The third kappa shape index (κ3) is 2.17. The van der Waals surface area contributed by atoms with Crippen LogP contribution in [0, 0.1) is 0 Å². The molecule has 1 heterocycles. The molecule has 0 saturated carbocycles. The van der Waals surface area contributed by atoms with Crippen LogP contribution in [0.1, 0.15) is 19.8 Å². The Morgan fingerprint density at radius 1 is 1.36 bits per heavy atom. The molecular weight excluding hydrogens is 239 g/mol. The van der Waals surface area contributed by atoms with Crippen LogP contribution in [0.5, 0.6) is 0 Å². The summed E-state index contributed by atoms with van der Waals surface area (Å²) in [7, 11) is 0. The van der Waals surface area contributed by atoms with E-state index in [0.29, 0.717) is 14.5 Å². The molecule has 0 bridgehead atoms. The van der Waals surface area contributed by atoms with Crippen molar-refractivity contribution in [3.05, 3.63) is 24.3 Å². The van der Waals surface area contributed by atoms with Gasteiger partial charge in [0.2, 0.25) is 0 Å². The summed E-state index contributed by atoms with van der Waals surface area (Å²) in [5, 5.41) is 3.41. The van der Waals surface area contributed by atoms with Crippen LogP contribution in [0.15, 0.2) is 24.3 Å². The number of para-hydroxylation sites is 1. The number of hydrogen-bond acceptors (Lipinski definition) is 2. The second-order valence-corrected chi connectivity index (χ2v) is 5.43. The van der Waals surface area contributed by atoms with Crippen molar-refractivity contribution in [2.45, 2.75) is 19.8 Å². The molecule has 0 spiro atoms. The second-order valence-electron chi connectivity index (χ2n) is 3.27. The summed E-state index contributed by atoms with van der Waals surface area (Å²) in [6.07, 6.45) is 2.46. The number of anilines is 1. The van der Waals surface area contributed by atoms with Crippen LogP contribution in [0.2, 0.25) is 0 Å². The summed E-state index contributed by atoms with van der Waals surface area (Å²) in [4.78, 5) is 4.56. The molecule has 14 heavy (non-hydrogen) atoms. The van der Waals surface area contributed by atoms with Gasteiger partial charge in [-0.05, 0) is 0 Å². The van der Waals surface area contributed by atoms with Gasteiger partial charge in [0.15, 0.2) is 0 Å². The van der Waals surface area contributed by atoms with Gasteiger partial charge in [-0.15, -0.1) is 0 Å². The van der Waals surface area contributed by atoms with E-state index in [9.17, 15) is 0 Å². The molecule has 0 aliphatic heterocycles. The average molecular weight is 253 g/mol. The standard InChI is InChI=1S/C11H14N2Se/c1-2-3-8-12-11-13-9-6-4-5-7-10(9)14-11/h4-7H,2-3,8H2,1H3,(H,12,13). The van der Waals surface area contributed by atoms with E-state index < -0.39 is 0 Å². The SMILES string of the molecule is CCCCNc1nc2ccccc2[se]1. The van der Waals surface area contributed by atoms with Gasteiger partial charge in [0.25, 0.3) is 0 Å². The monoisotopic (exact) mass is 254 g/mol. The van der Waals surface area contributed by atoms with Gasteiger partial charge in [-0.25, -0.2) is 0 Å². The van der Waals surface area contributed by atoms with Gasteiger partial charge in [0.05, 0.1) is 0 Å². The molecule has 1 N–H and O–H groups in total. The Balaban J connectivity index is 2.11. The van der Waals surface area contributed by atoms with E-state index in [1.807, 2.05) is 6.07 Å². The summed E-state index contributed by atoms with van der Waals surface area (Å²) in [5.41, 5.74) is 1.16. The molecule has 74 valence electrons. The maximum atomic E-state index is 4.56. The number of unbranched alkanes of at least 4 members (excludes halogenated alkanes) is 1. The number of hydrogen-bond donors (Lipinski definition) is 1. The molecular formula is C11H14N2Se. The van der Waals surface area contributed by atoms with E-state index in [1.54, 1.807) is 0 Å². The first-order valence-electron chi connectivity index (χ1n) is 4.99. The fourth-order valence-corrected chi connectivity index (χ4v) is 3.19. The van der Waals surface area contributed by atoms with Crippen LogP contribution in [0.3, 0.4) is 0 Å². The van der Waals surface area contributed by atoms with Crippen molar-refractivity contribution in [2.75, 3.05) is 11.9 Å². The van der Waals surface area contributed by atoms with E-state index in [-0.39, 0.29) is 0 Å². The third-order valence-corrected chi connectivity index (χ3v) is 4.19. The Kier molecular flexibility index (Phi) is 3.22. The molecule has 2 aromatic rings. The molecule has 0 amide bonds. The van der Waals surface area contributed by atoms with Crippen molar-refractivity contribution in [2.24, 2.45) is 0 Å². The van der Waals surface area contributed by atoms with Crippen molar-refractivity contribution in [1.29, 1.82) is 0 Å². The predicted molar refractivity (Wildman–Crippen MR) is 62.1 cm³/mol. The third-order valence-electron chi connectivity index (χ3n) is 2.10. The van der Waals surface area contributed by atoms with E-state index in [1.165, 1.54) is 21.8 Å². The maximum absolute atomic E-state index is 4.56. The minimum absolute atomic E-state index is 0.407. The van der Waals surface area contributed by atoms with Gasteiger partial charge in [0.1, 0.15) is 0 Å². The molecule has 3 heteroatoms. The first-order valence-corrected chi connectivity index (χ1v) is 6.71. The van der Waals surface area contributed by atoms with Crippen LogP contribution >= 0.6 is 0 Å². The van der Waals surface area contributed by atoms with E-state index in [4.69, 9.17) is 0 Å². The zero-order valence-corrected chi connectivity index (χ0v) is 10.00. The van der Waals surface area contributed by atoms with Crippen molar-refractivity contribution < 1.29 is 0 Å². The molecule has 2 rings (SSSR count). The molecule has 0 aliphatic carbocycles. The van der Waals surface area contributed by atoms with E-state index >= 15 is 0 Å². The Labute approximate surface area is 90.1 Å². The second kappa shape index (κ2) is 4.63. The normalized spacial score (nSPS) is 10.6. The molecule has 0 radical (unpaired) electrons. The number of aromatic nitrogens is 1. The van der Waals surface area contributed by atoms with Crippen LogP contribution < -0.4 is 5.32 Å². The number of benzene rings is 1. The van der Waals surface area contributed by atoms with Crippen LogP contribution in [-0.4, -0.2) is 26.0 Å². The summed E-state index contributed by atoms with van der Waals surface area (Å²) in [6.45, 7) is 3.27. The Morgan fingerprint density at radius 3 is 3.00 bits per heavy atom. The number of nitrogens with one attached hydrogen (secondary N) is 1. The molecule has 0 unspecified atom stereocenters. The Bertz CT molecular complexity index is 375. The van der Waals surface area contributed by atoms with E-state index in [2.05, 4.69) is 35.4 Å². The molecule has 0 saturated heterocycles. The number of nitrogens with zero attached hydrogens (tertiary/aromatic N) is 1. The average Bonchev–Trinajstić information content (AvgIpc) is 2.60. The van der Waals surface area contributed by atoms with Gasteiger partial charge in [-0.1, -0.05) is 0 Å². The number of rotatable bonds is 4. The summed E-state index contributed by atoms with van der Waals surface area (Å²) < 4.78 is 2.59. The Hall–Kier alpha value is -0.791. The van der Waals surface area contributed by atoms with Crippen LogP contribution in [0.25, 0.3) is 9.78 Å². The van der Waals surface area contributed by atoms with Crippen molar-refractivity contribution in [3.63, 3.8) is 0 Å². The van der Waals surface area contributed by atoms with Gasteiger partial charge >= 0.3 is 89.8 Å². The van der Waals surface area contributed by atoms with Crippen LogP contribution in [-0.2, 0) is 0 Å². The first-order chi connectivity index (χ1) is 6.90. The van der Waals surface area contributed by atoms with Gasteiger partial charge in [0, 0.05) is 0 Å². The van der Waals surface area contributed by atoms with Crippen molar-refractivity contribution in [1.82, 2.24) is 4.98 Å². The molecule has 1 aromatic heterocycles. The quantitative estimate of drug-likeness (QED) is 0.669. The Morgan fingerprint density at radius 2 is 2.21 bits per heavy atom. The molecule has 0 aliphatic rings. The van der Waals surface area contributed by atoms with E-state index in [0.717, 1.165) is 12.1 Å². The van der Waals surface area contributed by atoms with Crippen molar-refractivity contribution in [3.8, 4) is 0 Å².